The van der Waals surface area contributed by atoms with E-state index < -0.39 is 11.2 Å². The zero-order valence-corrected chi connectivity index (χ0v) is 19.3. The predicted octanol–water partition coefficient (Wildman–Crippen LogP) is 3.13. The van der Waals surface area contributed by atoms with Crippen molar-refractivity contribution in [2.24, 2.45) is 11.8 Å². The third kappa shape index (κ3) is 7.26. The number of hydrogen-bond donors (Lipinski definition) is 3. The maximum Gasteiger partial charge on any atom is 0.287 e. The van der Waals surface area contributed by atoms with Gasteiger partial charge in [-0.1, -0.05) is 38.1 Å². The number of rotatable bonds is 11. The Bertz CT molecular complexity index is 992. The average Bonchev–Trinajstić information content (AvgIpc) is 2.85. The van der Waals surface area contributed by atoms with Crippen molar-refractivity contribution >= 4 is 17.4 Å². The fourth-order valence-corrected chi connectivity index (χ4v) is 3.39. The molecular weight excluding hydrogens is 440 g/mol. The SMILES string of the molecule is CC(C)[C@H]1C=C(C(=O)NCCNc2ccc([N+](=O)[O-])cn2)O[C@@H](OCc2ccc(CO)cc2)C1. The molecule has 10 nitrogen and oxygen atoms in total. The fourth-order valence-electron chi connectivity index (χ4n) is 3.39. The highest BCUT2D eigenvalue weighted by atomic mass is 16.7. The van der Waals surface area contributed by atoms with E-state index in [-0.39, 0.29) is 29.9 Å². The Kier molecular flexibility index (Phi) is 8.94. The molecule has 182 valence electrons. The number of anilines is 1. The summed E-state index contributed by atoms with van der Waals surface area (Å²) in [5.74, 6) is 0.840. The number of hydrogen-bond acceptors (Lipinski definition) is 8. The van der Waals surface area contributed by atoms with Crippen LogP contribution in [0.5, 0.6) is 0 Å². The number of carbonyl (C=O) groups is 1. The molecule has 0 bridgehead atoms. The number of nitrogens with zero attached hydrogens (tertiary/aromatic N) is 2. The molecule has 1 aromatic heterocycles. The van der Waals surface area contributed by atoms with Crippen molar-refractivity contribution < 1.29 is 24.3 Å². The van der Waals surface area contributed by atoms with E-state index >= 15 is 0 Å². The Morgan fingerprint density at radius 3 is 2.59 bits per heavy atom. The number of allylic oxidation sites excluding steroid dienone is 1. The molecular formula is C24H30N4O6. The molecule has 3 rings (SSSR count). The molecule has 2 atom stereocenters. The van der Waals surface area contributed by atoms with E-state index in [4.69, 9.17) is 14.6 Å². The number of aliphatic hydroxyl groups excluding tert-OH is 1. The van der Waals surface area contributed by atoms with Crippen molar-refractivity contribution in [1.29, 1.82) is 0 Å². The lowest BCUT2D eigenvalue weighted by Gasteiger charge is -2.31. The van der Waals surface area contributed by atoms with Gasteiger partial charge in [0.05, 0.1) is 18.1 Å². The minimum atomic E-state index is -0.543. The Balaban J connectivity index is 1.49. The third-order valence-corrected chi connectivity index (χ3v) is 5.49. The molecule has 0 radical (unpaired) electrons. The van der Waals surface area contributed by atoms with E-state index in [1.54, 1.807) is 0 Å². The zero-order chi connectivity index (χ0) is 24.5. The first-order valence-corrected chi connectivity index (χ1v) is 11.2. The molecule has 0 unspecified atom stereocenters. The van der Waals surface area contributed by atoms with Crippen molar-refractivity contribution in [2.75, 3.05) is 18.4 Å². The Labute approximate surface area is 198 Å². The second kappa shape index (κ2) is 12.1. The molecule has 0 aliphatic carbocycles. The maximum atomic E-state index is 12.7. The van der Waals surface area contributed by atoms with Crippen LogP contribution in [0.25, 0.3) is 0 Å². The van der Waals surface area contributed by atoms with Gasteiger partial charge in [-0.25, -0.2) is 4.98 Å². The Morgan fingerprint density at radius 1 is 1.24 bits per heavy atom. The summed E-state index contributed by atoms with van der Waals surface area (Å²) in [5.41, 5.74) is 1.70. The summed E-state index contributed by atoms with van der Waals surface area (Å²) in [6.45, 7) is 5.21. The second-order valence-electron chi connectivity index (χ2n) is 8.35. The number of aliphatic hydroxyl groups is 1. The van der Waals surface area contributed by atoms with Gasteiger partial charge in [-0.3, -0.25) is 14.9 Å². The van der Waals surface area contributed by atoms with Crippen LogP contribution in [-0.4, -0.2) is 40.3 Å². The van der Waals surface area contributed by atoms with Crippen LogP contribution in [-0.2, 0) is 27.5 Å². The van der Waals surface area contributed by atoms with Crippen LogP contribution >= 0.6 is 0 Å². The first kappa shape index (κ1) is 25.1. The van der Waals surface area contributed by atoms with Gasteiger partial charge in [0.2, 0.25) is 6.29 Å². The molecule has 1 aliphatic heterocycles. The summed E-state index contributed by atoms with van der Waals surface area (Å²) in [4.78, 5) is 26.8. The topological polar surface area (TPSA) is 136 Å². The van der Waals surface area contributed by atoms with Crippen LogP contribution in [0, 0.1) is 22.0 Å². The molecule has 0 saturated heterocycles. The molecule has 2 heterocycles. The maximum absolute atomic E-state index is 12.7. The molecule has 3 N–H and O–H groups in total. The van der Waals surface area contributed by atoms with Gasteiger partial charge in [-0.15, -0.1) is 0 Å². The lowest BCUT2D eigenvalue weighted by Crippen LogP contribution is -2.36. The van der Waals surface area contributed by atoms with E-state index in [1.165, 1.54) is 18.3 Å². The fraction of sp³-hybridized carbons (Fsp3) is 0.417. The van der Waals surface area contributed by atoms with Gasteiger partial charge in [-0.2, -0.15) is 0 Å². The van der Waals surface area contributed by atoms with Gasteiger partial charge in [0.1, 0.15) is 12.0 Å². The summed E-state index contributed by atoms with van der Waals surface area (Å²) < 4.78 is 11.8. The van der Waals surface area contributed by atoms with Gasteiger partial charge in [0, 0.05) is 25.6 Å². The number of ether oxygens (including phenoxy) is 2. The summed E-state index contributed by atoms with van der Waals surface area (Å²) in [5, 5.41) is 25.7. The van der Waals surface area contributed by atoms with Crippen LogP contribution in [0.2, 0.25) is 0 Å². The normalized spacial score (nSPS) is 17.6. The van der Waals surface area contributed by atoms with Crippen molar-refractivity contribution in [3.8, 4) is 0 Å². The molecule has 0 saturated carbocycles. The molecule has 0 spiro atoms. The van der Waals surface area contributed by atoms with E-state index in [1.807, 2.05) is 30.3 Å². The molecule has 2 aromatic rings. The number of amides is 1. The van der Waals surface area contributed by atoms with Crippen LogP contribution in [0.3, 0.4) is 0 Å². The predicted molar refractivity (Wildman–Crippen MR) is 125 cm³/mol. The first-order chi connectivity index (χ1) is 16.4. The van der Waals surface area contributed by atoms with Gasteiger partial charge >= 0.3 is 0 Å². The molecule has 0 fully saturated rings. The molecule has 1 aromatic carbocycles. The van der Waals surface area contributed by atoms with E-state index in [2.05, 4.69) is 29.5 Å². The third-order valence-electron chi connectivity index (χ3n) is 5.49. The van der Waals surface area contributed by atoms with Crippen molar-refractivity contribution in [2.45, 2.75) is 39.8 Å². The smallest absolute Gasteiger partial charge is 0.287 e. The number of nitrogens with one attached hydrogen (secondary N) is 2. The Hall–Kier alpha value is -3.50. The van der Waals surface area contributed by atoms with Crippen molar-refractivity contribution in [3.63, 3.8) is 0 Å². The highest BCUT2D eigenvalue weighted by Crippen LogP contribution is 2.29. The minimum Gasteiger partial charge on any atom is -0.459 e. The summed E-state index contributed by atoms with van der Waals surface area (Å²) in [6, 6.07) is 10.4. The minimum absolute atomic E-state index is 0.00782. The van der Waals surface area contributed by atoms with Crippen molar-refractivity contribution in [1.82, 2.24) is 10.3 Å². The van der Waals surface area contributed by atoms with Crippen LogP contribution in [0.15, 0.2) is 54.4 Å². The zero-order valence-electron chi connectivity index (χ0n) is 19.3. The molecule has 34 heavy (non-hydrogen) atoms. The quantitative estimate of drug-likeness (QED) is 0.259. The lowest BCUT2D eigenvalue weighted by molar-refractivity contribution is -0.385. The van der Waals surface area contributed by atoms with Gasteiger partial charge in [-0.05, 0) is 35.1 Å². The molecule has 1 aliphatic rings. The summed E-state index contributed by atoms with van der Waals surface area (Å²) in [6.07, 6.45) is 3.13. The largest absolute Gasteiger partial charge is 0.459 e. The highest BCUT2D eigenvalue weighted by molar-refractivity contribution is 5.91. The number of aromatic nitrogens is 1. The van der Waals surface area contributed by atoms with Crippen molar-refractivity contribution in [3.05, 3.63) is 75.7 Å². The summed E-state index contributed by atoms with van der Waals surface area (Å²) >= 11 is 0. The first-order valence-electron chi connectivity index (χ1n) is 11.2. The van der Waals surface area contributed by atoms with E-state index in [0.717, 1.165) is 11.1 Å². The number of benzene rings is 1. The average molecular weight is 471 g/mol. The van der Waals surface area contributed by atoms with E-state index in [0.29, 0.717) is 37.9 Å². The Morgan fingerprint density at radius 2 is 1.97 bits per heavy atom. The molecule has 10 heteroatoms. The van der Waals surface area contributed by atoms with Crippen LogP contribution in [0.1, 0.15) is 31.4 Å². The standard InChI is InChI=1S/C24H30N4O6/c1-16(2)19-11-21(34-23(12-19)33-15-18-5-3-17(14-29)4-6-18)24(30)26-10-9-25-22-8-7-20(13-27-22)28(31)32/h3-8,11,13,16,19,23,29H,9-10,12,14-15H2,1-2H3,(H,25,27)(H,26,30)/t19-,23+/m0/s1. The number of carbonyl (C=O) groups excluding carboxylic acids is 1. The van der Waals surface area contributed by atoms with Gasteiger partial charge in [0.15, 0.2) is 5.76 Å². The highest BCUT2D eigenvalue weighted by Gasteiger charge is 2.29. The lowest BCUT2D eigenvalue weighted by atomic mass is 9.90. The second-order valence-corrected chi connectivity index (χ2v) is 8.35. The summed E-state index contributed by atoms with van der Waals surface area (Å²) in [7, 11) is 0. The van der Waals surface area contributed by atoms with E-state index in [9.17, 15) is 14.9 Å². The van der Waals surface area contributed by atoms with Crippen LogP contribution in [0.4, 0.5) is 11.5 Å². The number of nitro groups is 1. The van der Waals surface area contributed by atoms with Crippen LogP contribution < -0.4 is 10.6 Å². The van der Waals surface area contributed by atoms with Gasteiger partial charge < -0.3 is 25.2 Å². The van der Waals surface area contributed by atoms with Gasteiger partial charge in [0.25, 0.3) is 11.6 Å². The number of pyridine rings is 1. The molecule has 1 amide bonds. The monoisotopic (exact) mass is 470 g/mol.